The Morgan fingerprint density at radius 3 is 2.71 bits per heavy atom. The number of nitrogens with two attached hydrogens (primary N) is 1. The SMILES string of the molecule is CCCN(CC(=O)NC)c1ncc(N)cc1C(=O)OCC. The molecule has 1 amide bonds. The van der Waals surface area contributed by atoms with E-state index >= 15 is 0 Å². The van der Waals surface area contributed by atoms with Crippen LogP contribution in [0.4, 0.5) is 11.5 Å². The number of carbonyl (C=O) groups is 2. The van der Waals surface area contributed by atoms with Crippen molar-refractivity contribution in [3.05, 3.63) is 17.8 Å². The van der Waals surface area contributed by atoms with E-state index in [-0.39, 0.29) is 24.6 Å². The van der Waals surface area contributed by atoms with E-state index in [1.54, 1.807) is 18.9 Å². The van der Waals surface area contributed by atoms with E-state index in [2.05, 4.69) is 10.3 Å². The van der Waals surface area contributed by atoms with Crippen LogP contribution in [0, 0.1) is 0 Å². The summed E-state index contributed by atoms with van der Waals surface area (Å²) in [6.45, 7) is 4.69. The average molecular weight is 294 g/mol. The number of hydrogen-bond acceptors (Lipinski definition) is 6. The van der Waals surface area contributed by atoms with Gasteiger partial charge < -0.3 is 20.7 Å². The minimum atomic E-state index is -0.495. The molecule has 0 aliphatic heterocycles. The van der Waals surface area contributed by atoms with Crippen LogP contribution in [0.25, 0.3) is 0 Å². The zero-order valence-electron chi connectivity index (χ0n) is 12.7. The molecule has 0 spiro atoms. The van der Waals surface area contributed by atoms with Gasteiger partial charge in [0.25, 0.3) is 0 Å². The van der Waals surface area contributed by atoms with Crippen LogP contribution in [0.15, 0.2) is 12.3 Å². The summed E-state index contributed by atoms with van der Waals surface area (Å²) in [5.41, 5.74) is 6.34. The van der Waals surface area contributed by atoms with E-state index in [9.17, 15) is 9.59 Å². The second-order valence-corrected chi connectivity index (χ2v) is 4.46. The van der Waals surface area contributed by atoms with Crippen LogP contribution in [-0.4, -0.2) is 43.6 Å². The normalized spacial score (nSPS) is 10.0. The highest BCUT2D eigenvalue weighted by Gasteiger charge is 2.20. The molecule has 21 heavy (non-hydrogen) atoms. The number of nitrogens with one attached hydrogen (secondary N) is 1. The van der Waals surface area contributed by atoms with Crippen molar-refractivity contribution in [2.24, 2.45) is 0 Å². The van der Waals surface area contributed by atoms with E-state index in [0.29, 0.717) is 18.1 Å². The summed E-state index contributed by atoms with van der Waals surface area (Å²) in [7, 11) is 1.56. The Kier molecular flexibility index (Phi) is 6.45. The molecule has 0 saturated carbocycles. The quantitative estimate of drug-likeness (QED) is 0.722. The van der Waals surface area contributed by atoms with E-state index in [1.165, 1.54) is 12.3 Å². The average Bonchev–Trinajstić information content (AvgIpc) is 2.46. The maximum Gasteiger partial charge on any atom is 0.341 e. The fourth-order valence-electron chi connectivity index (χ4n) is 1.87. The summed E-state index contributed by atoms with van der Waals surface area (Å²) in [6, 6.07) is 1.52. The third kappa shape index (κ3) is 4.62. The highest BCUT2D eigenvalue weighted by molar-refractivity contribution is 5.96. The molecule has 0 aliphatic carbocycles. The number of ether oxygens (including phenoxy) is 1. The summed E-state index contributed by atoms with van der Waals surface area (Å²) >= 11 is 0. The minimum absolute atomic E-state index is 0.119. The highest BCUT2D eigenvalue weighted by atomic mass is 16.5. The molecule has 1 rings (SSSR count). The molecule has 0 bridgehead atoms. The van der Waals surface area contributed by atoms with Gasteiger partial charge in [0, 0.05) is 13.6 Å². The number of anilines is 2. The lowest BCUT2D eigenvalue weighted by Gasteiger charge is -2.24. The molecular weight excluding hydrogens is 272 g/mol. The van der Waals surface area contributed by atoms with Crippen LogP contribution in [0.5, 0.6) is 0 Å². The predicted molar refractivity (Wildman–Crippen MR) is 81.2 cm³/mol. The molecule has 0 radical (unpaired) electrons. The number of rotatable bonds is 7. The Labute approximate surface area is 124 Å². The van der Waals surface area contributed by atoms with Gasteiger partial charge in [-0.25, -0.2) is 9.78 Å². The van der Waals surface area contributed by atoms with Crippen LogP contribution in [0.1, 0.15) is 30.6 Å². The van der Waals surface area contributed by atoms with E-state index in [0.717, 1.165) is 6.42 Å². The van der Waals surface area contributed by atoms with Gasteiger partial charge in [0.15, 0.2) is 0 Å². The monoisotopic (exact) mass is 294 g/mol. The van der Waals surface area contributed by atoms with Crippen LogP contribution in [0.2, 0.25) is 0 Å². The first kappa shape index (κ1) is 16.7. The van der Waals surface area contributed by atoms with Gasteiger partial charge in [-0.1, -0.05) is 6.92 Å². The first-order chi connectivity index (χ1) is 10.0. The zero-order valence-corrected chi connectivity index (χ0v) is 12.7. The number of aromatic nitrogens is 1. The smallest absolute Gasteiger partial charge is 0.341 e. The zero-order chi connectivity index (χ0) is 15.8. The van der Waals surface area contributed by atoms with Gasteiger partial charge in [-0.3, -0.25) is 4.79 Å². The molecule has 1 heterocycles. The lowest BCUT2D eigenvalue weighted by Crippen LogP contribution is -2.37. The van der Waals surface area contributed by atoms with Crippen molar-refractivity contribution in [1.29, 1.82) is 0 Å². The molecule has 0 saturated heterocycles. The highest BCUT2D eigenvalue weighted by Crippen LogP contribution is 2.21. The van der Waals surface area contributed by atoms with Crippen LogP contribution in [-0.2, 0) is 9.53 Å². The fourth-order valence-corrected chi connectivity index (χ4v) is 1.87. The third-order valence-electron chi connectivity index (χ3n) is 2.79. The van der Waals surface area contributed by atoms with E-state index < -0.39 is 5.97 Å². The number of nitrogens with zero attached hydrogens (tertiary/aromatic N) is 2. The molecule has 0 fully saturated rings. The van der Waals surface area contributed by atoms with Gasteiger partial charge in [0.2, 0.25) is 5.91 Å². The second kappa shape index (κ2) is 8.08. The van der Waals surface area contributed by atoms with Crippen LogP contribution >= 0.6 is 0 Å². The predicted octanol–water partition coefficient (Wildman–Crippen LogP) is 0.803. The minimum Gasteiger partial charge on any atom is -0.462 e. The molecule has 0 aromatic carbocycles. The molecule has 1 aromatic rings. The summed E-state index contributed by atoms with van der Waals surface area (Å²) in [5.74, 6) is -0.240. The number of nitrogen functional groups attached to an aromatic ring is 1. The number of likely N-dealkylation sites (N-methyl/N-ethyl adjacent to an activating group) is 1. The van der Waals surface area contributed by atoms with Gasteiger partial charge in [-0.2, -0.15) is 0 Å². The van der Waals surface area contributed by atoms with Gasteiger partial charge in [-0.05, 0) is 19.4 Å². The van der Waals surface area contributed by atoms with Crippen molar-refractivity contribution in [2.45, 2.75) is 20.3 Å². The molecule has 3 N–H and O–H groups in total. The van der Waals surface area contributed by atoms with Gasteiger partial charge in [0.1, 0.15) is 11.4 Å². The number of hydrogen-bond donors (Lipinski definition) is 2. The van der Waals surface area contributed by atoms with Crippen molar-refractivity contribution < 1.29 is 14.3 Å². The van der Waals surface area contributed by atoms with Crippen molar-refractivity contribution in [3.63, 3.8) is 0 Å². The van der Waals surface area contributed by atoms with Gasteiger partial charge in [0.05, 0.1) is 25.0 Å². The maximum atomic E-state index is 12.0. The van der Waals surface area contributed by atoms with E-state index in [4.69, 9.17) is 10.5 Å². The molecular formula is C14H22N4O3. The van der Waals surface area contributed by atoms with Crippen LogP contribution in [0.3, 0.4) is 0 Å². The molecule has 0 unspecified atom stereocenters. The Balaban J connectivity index is 3.16. The topological polar surface area (TPSA) is 97.5 Å². The maximum absolute atomic E-state index is 12.0. The van der Waals surface area contributed by atoms with Crippen molar-refractivity contribution >= 4 is 23.4 Å². The summed E-state index contributed by atoms with van der Waals surface area (Å²) in [6.07, 6.45) is 2.27. The Morgan fingerprint density at radius 2 is 2.14 bits per heavy atom. The second-order valence-electron chi connectivity index (χ2n) is 4.46. The standard InChI is InChI=1S/C14H22N4O3/c1-4-6-18(9-12(19)16-3)13-11(14(20)21-5-2)7-10(15)8-17-13/h7-8H,4-6,9,15H2,1-3H3,(H,16,19). The first-order valence-corrected chi connectivity index (χ1v) is 6.91. The fraction of sp³-hybridized carbons (Fsp3) is 0.500. The molecule has 0 aliphatic rings. The Morgan fingerprint density at radius 1 is 1.43 bits per heavy atom. The Hall–Kier alpha value is -2.31. The van der Waals surface area contributed by atoms with Crippen molar-refractivity contribution in [3.8, 4) is 0 Å². The lowest BCUT2D eigenvalue weighted by molar-refractivity contribution is -0.119. The number of pyridine rings is 1. The third-order valence-corrected chi connectivity index (χ3v) is 2.79. The van der Waals surface area contributed by atoms with E-state index in [1.807, 2.05) is 6.92 Å². The van der Waals surface area contributed by atoms with Crippen molar-refractivity contribution in [2.75, 3.05) is 37.4 Å². The lowest BCUT2D eigenvalue weighted by atomic mass is 10.2. The molecule has 0 atom stereocenters. The summed E-state index contributed by atoms with van der Waals surface area (Å²) in [5, 5.41) is 2.56. The molecule has 7 heteroatoms. The largest absolute Gasteiger partial charge is 0.462 e. The Bertz CT molecular complexity index is 505. The van der Waals surface area contributed by atoms with Crippen LogP contribution < -0.4 is 16.0 Å². The molecule has 7 nitrogen and oxygen atoms in total. The summed E-state index contributed by atoms with van der Waals surface area (Å²) < 4.78 is 5.02. The molecule has 116 valence electrons. The number of amides is 1. The van der Waals surface area contributed by atoms with Gasteiger partial charge >= 0.3 is 5.97 Å². The summed E-state index contributed by atoms with van der Waals surface area (Å²) in [4.78, 5) is 29.6. The van der Waals surface area contributed by atoms with Crippen molar-refractivity contribution in [1.82, 2.24) is 10.3 Å². The number of carbonyl (C=O) groups excluding carboxylic acids is 2. The number of esters is 1. The van der Waals surface area contributed by atoms with Gasteiger partial charge in [-0.15, -0.1) is 0 Å². The first-order valence-electron chi connectivity index (χ1n) is 6.91. The molecule has 1 aromatic heterocycles.